The number of nitrogens with two attached hydrogens (primary N) is 1. The van der Waals surface area contributed by atoms with Crippen molar-refractivity contribution in [2.75, 3.05) is 14.2 Å². The SMILES string of the molecule is COc1ccc(-c2nc(C(=O)NCc3csc4c(OC)ncnc34)c(CN)o2)c2ccc(C(F)(F)F)nc12. The van der Waals surface area contributed by atoms with E-state index in [1.54, 1.807) is 6.07 Å². The van der Waals surface area contributed by atoms with E-state index in [1.807, 2.05) is 5.38 Å². The van der Waals surface area contributed by atoms with Gasteiger partial charge in [-0.1, -0.05) is 0 Å². The van der Waals surface area contributed by atoms with Gasteiger partial charge in [-0.3, -0.25) is 4.79 Å². The van der Waals surface area contributed by atoms with Crippen molar-refractivity contribution in [3.63, 3.8) is 0 Å². The number of hydrogen-bond acceptors (Lipinski definition) is 10. The summed E-state index contributed by atoms with van der Waals surface area (Å²) in [6.45, 7) is 0.00687. The van der Waals surface area contributed by atoms with E-state index >= 15 is 0 Å². The Morgan fingerprint density at radius 3 is 2.63 bits per heavy atom. The number of fused-ring (bicyclic) bond motifs is 2. The Morgan fingerprint density at radius 2 is 1.92 bits per heavy atom. The van der Waals surface area contributed by atoms with Gasteiger partial charge in [-0.2, -0.15) is 13.2 Å². The molecule has 0 bridgehead atoms. The Morgan fingerprint density at radius 1 is 1.11 bits per heavy atom. The highest BCUT2D eigenvalue weighted by Crippen LogP contribution is 2.37. The maximum absolute atomic E-state index is 13.3. The summed E-state index contributed by atoms with van der Waals surface area (Å²) in [6, 6.07) is 5.13. The van der Waals surface area contributed by atoms with E-state index in [0.717, 1.165) is 16.3 Å². The highest BCUT2D eigenvalue weighted by Gasteiger charge is 2.33. The van der Waals surface area contributed by atoms with Crippen molar-refractivity contribution in [3.05, 3.63) is 58.7 Å². The van der Waals surface area contributed by atoms with Gasteiger partial charge in [0.05, 0.1) is 26.3 Å². The number of hydrogen-bond donors (Lipinski definition) is 2. The molecular formula is C24H19F3N6O4S. The van der Waals surface area contributed by atoms with Crippen molar-refractivity contribution in [2.45, 2.75) is 19.3 Å². The van der Waals surface area contributed by atoms with Crippen molar-refractivity contribution in [3.8, 4) is 23.1 Å². The number of aromatic nitrogens is 4. The molecule has 4 aromatic heterocycles. The lowest BCUT2D eigenvalue weighted by Gasteiger charge is -2.11. The molecule has 0 aliphatic heterocycles. The smallest absolute Gasteiger partial charge is 0.433 e. The second-order valence-electron chi connectivity index (χ2n) is 7.91. The van der Waals surface area contributed by atoms with Gasteiger partial charge in [0.1, 0.15) is 28.0 Å². The van der Waals surface area contributed by atoms with Gasteiger partial charge in [0.2, 0.25) is 11.8 Å². The quantitative estimate of drug-likeness (QED) is 0.307. The van der Waals surface area contributed by atoms with E-state index in [4.69, 9.17) is 19.6 Å². The molecule has 0 fully saturated rings. The molecule has 5 rings (SSSR count). The standard InChI is InChI=1S/C24H19F3N6O4S/c1-35-14-5-3-13(12-4-6-16(24(25,26)27)32-18(12)14)22-33-19(15(7-28)37-22)21(34)29-8-11-9-38-20-17(11)30-10-31-23(20)36-2/h3-6,9-10H,7-8,28H2,1-2H3,(H,29,34). The summed E-state index contributed by atoms with van der Waals surface area (Å²) in [5.74, 6) is 0.148. The number of nitrogens with zero attached hydrogens (tertiary/aromatic N) is 4. The van der Waals surface area contributed by atoms with Gasteiger partial charge < -0.3 is 24.9 Å². The summed E-state index contributed by atoms with van der Waals surface area (Å²) in [5.41, 5.74) is 6.39. The van der Waals surface area contributed by atoms with Gasteiger partial charge in [-0.25, -0.2) is 19.9 Å². The lowest BCUT2D eigenvalue weighted by Crippen LogP contribution is -2.24. The molecule has 0 spiro atoms. The van der Waals surface area contributed by atoms with Crippen LogP contribution in [-0.4, -0.2) is 40.1 Å². The Hall–Kier alpha value is -4.30. The average Bonchev–Trinajstić information content (AvgIpc) is 3.54. The van der Waals surface area contributed by atoms with Crippen LogP contribution in [-0.2, 0) is 19.3 Å². The molecule has 0 atom stereocenters. The molecule has 0 radical (unpaired) electrons. The molecule has 14 heteroatoms. The van der Waals surface area contributed by atoms with E-state index in [0.29, 0.717) is 22.3 Å². The van der Waals surface area contributed by atoms with Crippen molar-refractivity contribution in [1.29, 1.82) is 0 Å². The minimum atomic E-state index is -4.64. The molecule has 196 valence electrons. The monoisotopic (exact) mass is 544 g/mol. The fourth-order valence-electron chi connectivity index (χ4n) is 3.89. The Kier molecular flexibility index (Phi) is 6.59. The topological polar surface area (TPSA) is 138 Å². The highest BCUT2D eigenvalue weighted by molar-refractivity contribution is 7.17. The van der Waals surface area contributed by atoms with Crippen LogP contribution in [0, 0.1) is 0 Å². The largest absolute Gasteiger partial charge is 0.494 e. The van der Waals surface area contributed by atoms with Gasteiger partial charge in [0.25, 0.3) is 5.91 Å². The summed E-state index contributed by atoms with van der Waals surface area (Å²) < 4.78 is 56.7. The number of thiophene rings is 1. The molecule has 0 aliphatic rings. The highest BCUT2D eigenvalue weighted by atomic mass is 32.1. The zero-order valence-corrected chi connectivity index (χ0v) is 20.7. The van der Waals surface area contributed by atoms with Gasteiger partial charge in [-0.15, -0.1) is 11.3 Å². The van der Waals surface area contributed by atoms with Gasteiger partial charge in [0, 0.05) is 23.1 Å². The Balaban J connectivity index is 1.47. The lowest BCUT2D eigenvalue weighted by molar-refractivity contribution is -0.140. The number of benzene rings is 1. The van der Waals surface area contributed by atoms with E-state index in [9.17, 15) is 18.0 Å². The molecule has 1 amide bonds. The first-order chi connectivity index (χ1) is 18.2. The lowest BCUT2D eigenvalue weighted by atomic mass is 10.1. The van der Waals surface area contributed by atoms with Crippen LogP contribution in [0.5, 0.6) is 11.6 Å². The van der Waals surface area contributed by atoms with Crippen LogP contribution in [0.1, 0.15) is 27.5 Å². The van der Waals surface area contributed by atoms with Crippen molar-refractivity contribution in [1.82, 2.24) is 25.3 Å². The Bertz CT molecular complexity index is 1670. The zero-order valence-electron chi connectivity index (χ0n) is 19.9. The number of ether oxygens (including phenoxy) is 2. The summed E-state index contributed by atoms with van der Waals surface area (Å²) in [4.78, 5) is 29.4. The number of oxazole rings is 1. The summed E-state index contributed by atoms with van der Waals surface area (Å²) in [5, 5.41) is 4.92. The zero-order chi connectivity index (χ0) is 27.0. The van der Waals surface area contributed by atoms with Crippen LogP contribution in [0.15, 0.2) is 40.4 Å². The summed E-state index contributed by atoms with van der Waals surface area (Å²) in [6.07, 6.45) is -3.26. The first kappa shape index (κ1) is 25.4. The molecule has 10 nitrogen and oxygen atoms in total. The average molecular weight is 545 g/mol. The third kappa shape index (κ3) is 4.48. The molecule has 4 heterocycles. The maximum atomic E-state index is 13.3. The van der Waals surface area contributed by atoms with Crippen molar-refractivity contribution < 1.29 is 31.9 Å². The number of pyridine rings is 1. The van der Waals surface area contributed by atoms with Crippen LogP contribution in [0.25, 0.3) is 32.6 Å². The van der Waals surface area contributed by atoms with Crippen LogP contribution in [0.3, 0.4) is 0 Å². The van der Waals surface area contributed by atoms with Crippen molar-refractivity contribution in [2.24, 2.45) is 5.73 Å². The maximum Gasteiger partial charge on any atom is 0.433 e. The number of alkyl halides is 3. The van der Waals surface area contributed by atoms with Gasteiger partial charge in [0.15, 0.2) is 11.5 Å². The minimum absolute atomic E-state index is 0.00303. The third-order valence-electron chi connectivity index (χ3n) is 5.69. The second kappa shape index (κ2) is 9.87. The van der Waals surface area contributed by atoms with E-state index in [2.05, 4.69) is 25.3 Å². The third-order valence-corrected chi connectivity index (χ3v) is 6.69. The second-order valence-corrected chi connectivity index (χ2v) is 8.78. The summed E-state index contributed by atoms with van der Waals surface area (Å²) in [7, 11) is 2.84. The first-order valence-electron chi connectivity index (χ1n) is 11.0. The van der Waals surface area contributed by atoms with Gasteiger partial charge >= 0.3 is 6.18 Å². The number of amides is 1. The molecule has 0 saturated heterocycles. The number of carbonyl (C=O) groups is 1. The van der Waals surface area contributed by atoms with Gasteiger partial charge in [-0.05, 0) is 29.6 Å². The fourth-order valence-corrected chi connectivity index (χ4v) is 4.88. The fraction of sp³-hybridized carbons (Fsp3) is 0.208. The molecule has 0 unspecified atom stereocenters. The van der Waals surface area contributed by atoms with E-state index in [1.165, 1.54) is 44.0 Å². The van der Waals surface area contributed by atoms with E-state index < -0.39 is 17.8 Å². The molecule has 1 aromatic carbocycles. The van der Waals surface area contributed by atoms with Crippen LogP contribution in [0.2, 0.25) is 0 Å². The first-order valence-corrected chi connectivity index (χ1v) is 11.9. The van der Waals surface area contributed by atoms with Crippen molar-refractivity contribution >= 4 is 38.4 Å². The molecule has 0 saturated carbocycles. The summed E-state index contributed by atoms with van der Waals surface area (Å²) >= 11 is 1.39. The van der Waals surface area contributed by atoms with E-state index in [-0.39, 0.29) is 41.7 Å². The number of carbonyl (C=O) groups excluding carboxylic acids is 1. The number of methoxy groups -OCH3 is 2. The van der Waals surface area contributed by atoms with Crippen LogP contribution in [0.4, 0.5) is 13.2 Å². The molecule has 0 aliphatic carbocycles. The normalized spacial score (nSPS) is 11.7. The minimum Gasteiger partial charge on any atom is -0.494 e. The van der Waals surface area contributed by atoms with Crippen LogP contribution >= 0.6 is 11.3 Å². The molecular weight excluding hydrogens is 525 g/mol. The number of nitrogens with one attached hydrogen (secondary N) is 1. The van der Waals surface area contributed by atoms with Crippen LogP contribution < -0.4 is 20.5 Å². The molecule has 5 aromatic rings. The predicted octanol–water partition coefficient (Wildman–Crippen LogP) is 4.32. The Labute approximate surface area is 216 Å². The number of halogens is 3. The predicted molar refractivity (Wildman–Crippen MR) is 132 cm³/mol. The number of rotatable bonds is 7. The molecule has 38 heavy (non-hydrogen) atoms. The molecule has 3 N–H and O–H groups in total.